The number of halogens is 4. The van der Waals surface area contributed by atoms with E-state index in [1.54, 1.807) is 12.1 Å². The van der Waals surface area contributed by atoms with E-state index < -0.39 is 6.36 Å². The van der Waals surface area contributed by atoms with E-state index in [1.807, 2.05) is 13.8 Å². The van der Waals surface area contributed by atoms with Crippen molar-refractivity contribution in [1.29, 1.82) is 0 Å². The van der Waals surface area contributed by atoms with Crippen molar-refractivity contribution in [3.8, 4) is 17.1 Å². The van der Waals surface area contributed by atoms with E-state index >= 15 is 0 Å². The summed E-state index contributed by atoms with van der Waals surface area (Å²) < 4.78 is 50.6. The van der Waals surface area contributed by atoms with Crippen LogP contribution in [-0.2, 0) is 24.1 Å². The second-order valence-corrected chi connectivity index (χ2v) is 7.09. The molecular weight excluding hydrogens is 413 g/mol. The summed E-state index contributed by atoms with van der Waals surface area (Å²) in [5, 5.41) is 0. The Morgan fingerprint density at radius 3 is 2.85 bits per heavy atom. The fourth-order valence-electron chi connectivity index (χ4n) is 3.19. The average Bonchev–Trinajstić information content (AvgIpc) is 2.73. The molecule has 0 saturated heterocycles. The first-order valence-corrected chi connectivity index (χ1v) is 9.33. The summed E-state index contributed by atoms with van der Waals surface area (Å²) in [6.07, 6.45) is -2.72. The Balaban J connectivity index is 2.03. The van der Waals surface area contributed by atoms with Crippen molar-refractivity contribution in [3.63, 3.8) is 0 Å². The summed E-state index contributed by atoms with van der Waals surface area (Å²) in [4.78, 5) is 4.61. The topological polar surface area (TPSA) is 36.3 Å². The van der Waals surface area contributed by atoms with E-state index in [1.165, 1.54) is 6.07 Å². The number of hydrogen-bond acceptors (Lipinski definition) is 3. The molecule has 1 atom stereocenters. The first-order chi connectivity index (χ1) is 12.3. The molecule has 0 saturated carbocycles. The Morgan fingerprint density at radius 1 is 1.38 bits per heavy atom. The van der Waals surface area contributed by atoms with Crippen molar-refractivity contribution in [2.24, 2.45) is 0 Å². The van der Waals surface area contributed by atoms with Crippen LogP contribution >= 0.6 is 15.9 Å². The summed E-state index contributed by atoms with van der Waals surface area (Å²) in [5.74, 6) is 0.571. The fraction of sp³-hybridized carbons (Fsp3) is 0.500. The lowest BCUT2D eigenvalue weighted by Crippen LogP contribution is -2.18. The van der Waals surface area contributed by atoms with Crippen molar-refractivity contribution in [2.45, 2.75) is 52.1 Å². The fourth-order valence-corrected chi connectivity index (χ4v) is 3.77. The minimum atomic E-state index is -4.70. The van der Waals surface area contributed by atoms with E-state index in [4.69, 9.17) is 4.74 Å². The third-order valence-corrected chi connectivity index (χ3v) is 4.90. The molecular formula is C18H20BrF3N2O2. The van der Waals surface area contributed by atoms with Gasteiger partial charge in [0.15, 0.2) is 0 Å². The largest absolute Gasteiger partial charge is 0.573 e. The quantitative estimate of drug-likeness (QED) is 0.672. The SMILES string of the molecule is CCCc1cc(-c2nc(Br)c3n2C[C@@H](C)OCC3)ccc1OC(F)(F)F. The van der Waals surface area contributed by atoms with Crippen LogP contribution in [0.2, 0.25) is 0 Å². The van der Waals surface area contributed by atoms with Gasteiger partial charge < -0.3 is 14.0 Å². The van der Waals surface area contributed by atoms with E-state index in [-0.39, 0.29) is 11.9 Å². The Hall–Kier alpha value is -1.54. The summed E-state index contributed by atoms with van der Waals surface area (Å²) >= 11 is 3.50. The maximum absolute atomic E-state index is 12.6. The standard InChI is InChI=1S/C18H20BrF3N2O2/c1-3-4-12-9-13(5-6-15(12)26-18(20,21)22)17-23-16(19)14-7-8-25-11(2)10-24(14)17/h5-6,9,11H,3-4,7-8,10H2,1-2H3/t11-/m1/s1. The molecule has 2 heterocycles. The van der Waals surface area contributed by atoms with Crippen LogP contribution < -0.4 is 4.74 Å². The zero-order valence-corrected chi connectivity index (χ0v) is 16.2. The Morgan fingerprint density at radius 2 is 2.15 bits per heavy atom. The lowest BCUT2D eigenvalue weighted by atomic mass is 10.0. The van der Waals surface area contributed by atoms with Gasteiger partial charge in [-0.15, -0.1) is 13.2 Å². The molecule has 0 amide bonds. The average molecular weight is 433 g/mol. The molecule has 0 unspecified atom stereocenters. The van der Waals surface area contributed by atoms with Crippen LogP contribution in [-0.4, -0.2) is 28.6 Å². The third kappa shape index (κ3) is 4.23. The highest BCUT2D eigenvalue weighted by Gasteiger charge is 2.32. The van der Waals surface area contributed by atoms with Gasteiger partial charge in [-0.25, -0.2) is 4.98 Å². The number of nitrogens with zero attached hydrogens (tertiary/aromatic N) is 2. The number of fused-ring (bicyclic) bond motifs is 1. The number of alkyl halides is 3. The molecule has 2 aromatic rings. The van der Waals surface area contributed by atoms with Crippen molar-refractivity contribution < 1.29 is 22.6 Å². The van der Waals surface area contributed by atoms with Crippen molar-refractivity contribution in [3.05, 3.63) is 34.1 Å². The smallest absolute Gasteiger partial charge is 0.406 e. The second-order valence-electron chi connectivity index (χ2n) is 6.34. The molecule has 1 aliphatic rings. The van der Waals surface area contributed by atoms with Crippen molar-refractivity contribution in [1.82, 2.24) is 9.55 Å². The van der Waals surface area contributed by atoms with Crippen molar-refractivity contribution in [2.75, 3.05) is 6.61 Å². The van der Waals surface area contributed by atoms with Gasteiger partial charge >= 0.3 is 6.36 Å². The number of aryl methyl sites for hydroxylation is 1. The van der Waals surface area contributed by atoms with E-state index in [9.17, 15) is 13.2 Å². The van der Waals surface area contributed by atoms with Crippen LogP contribution in [0.1, 0.15) is 31.5 Å². The number of benzene rings is 1. The molecule has 0 fully saturated rings. The minimum Gasteiger partial charge on any atom is -0.406 e. The zero-order chi connectivity index (χ0) is 18.9. The van der Waals surface area contributed by atoms with Gasteiger partial charge in [-0.1, -0.05) is 13.3 Å². The van der Waals surface area contributed by atoms with Gasteiger partial charge in [-0.05, 0) is 53.0 Å². The van der Waals surface area contributed by atoms with Gasteiger partial charge in [0.1, 0.15) is 16.2 Å². The molecule has 3 rings (SSSR count). The van der Waals surface area contributed by atoms with Gasteiger partial charge in [-0.2, -0.15) is 0 Å². The molecule has 1 aromatic heterocycles. The first-order valence-electron chi connectivity index (χ1n) is 8.54. The molecule has 142 valence electrons. The maximum Gasteiger partial charge on any atom is 0.573 e. The second kappa shape index (κ2) is 7.60. The van der Waals surface area contributed by atoms with Crippen LogP contribution in [0.25, 0.3) is 11.4 Å². The molecule has 0 bridgehead atoms. The predicted octanol–water partition coefficient (Wildman–Crippen LogP) is 5.12. The number of ether oxygens (including phenoxy) is 2. The van der Waals surface area contributed by atoms with Crippen LogP contribution in [0, 0.1) is 0 Å². The predicted molar refractivity (Wildman–Crippen MR) is 95.2 cm³/mol. The number of imidazole rings is 1. The van der Waals surface area contributed by atoms with Gasteiger partial charge in [0, 0.05) is 12.0 Å². The third-order valence-electron chi connectivity index (χ3n) is 4.27. The number of aromatic nitrogens is 2. The Bertz CT molecular complexity index is 789. The molecule has 0 spiro atoms. The highest BCUT2D eigenvalue weighted by molar-refractivity contribution is 9.10. The molecule has 1 aliphatic heterocycles. The first kappa shape index (κ1) is 19.2. The lowest BCUT2D eigenvalue weighted by molar-refractivity contribution is -0.274. The molecule has 0 N–H and O–H groups in total. The minimum absolute atomic E-state index is 0.0408. The van der Waals surface area contributed by atoms with Crippen LogP contribution in [0.4, 0.5) is 13.2 Å². The monoisotopic (exact) mass is 432 g/mol. The highest BCUT2D eigenvalue weighted by Crippen LogP contribution is 2.33. The maximum atomic E-state index is 12.6. The van der Waals surface area contributed by atoms with Gasteiger partial charge in [-0.3, -0.25) is 0 Å². The summed E-state index contributed by atoms with van der Waals surface area (Å²) in [5.41, 5.74) is 2.33. The van der Waals surface area contributed by atoms with E-state index in [0.717, 1.165) is 28.1 Å². The molecule has 4 nitrogen and oxygen atoms in total. The summed E-state index contributed by atoms with van der Waals surface area (Å²) in [6, 6.07) is 4.74. The van der Waals surface area contributed by atoms with Crippen LogP contribution in [0.3, 0.4) is 0 Å². The van der Waals surface area contributed by atoms with Crippen molar-refractivity contribution >= 4 is 15.9 Å². The molecule has 8 heteroatoms. The number of hydrogen-bond donors (Lipinski definition) is 0. The van der Waals surface area contributed by atoms with E-state index in [2.05, 4.69) is 30.2 Å². The molecule has 26 heavy (non-hydrogen) atoms. The lowest BCUT2D eigenvalue weighted by Gasteiger charge is -2.16. The van der Waals surface area contributed by atoms with Gasteiger partial charge in [0.25, 0.3) is 0 Å². The molecule has 1 aromatic carbocycles. The normalized spacial score (nSPS) is 17.7. The van der Waals surface area contributed by atoms with Gasteiger partial charge in [0.05, 0.1) is 24.9 Å². The molecule has 0 aliphatic carbocycles. The van der Waals surface area contributed by atoms with E-state index in [0.29, 0.717) is 31.6 Å². The number of rotatable bonds is 4. The Kier molecular flexibility index (Phi) is 5.62. The van der Waals surface area contributed by atoms with Crippen LogP contribution in [0.5, 0.6) is 5.75 Å². The molecule has 0 radical (unpaired) electrons. The summed E-state index contributed by atoms with van der Waals surface area (Å²) in [6.45, 7) is 5.17. The van der Waals surface area contributed by atoms with Crippen LogP contribution in [0.15, 0.2) is 22.8 Å². The summed E-state index contributed by atoms with van der Waals surface area (Å²) in [7, 11) is 0. The van der Waals surface area contributed by atoms with Gasteiger partial charge in [0.2, 0.25) is 0 Å². The zero-order valence-electron chi connectivity index (χ0n) is 14.6. The highest BCUT2D eigenvalue weighted by atomic mass is 79.9. The Labute approximate surface area is 158 Å².